The molecule has 0 bridgehead atoms. The number of amides is 1. The molecule has 15 heteroatoms. The van der Waals surface area contributed by atoms with E-state index < -0.39 is 70.5 Å². The number of hydrogen-bond acceptors (Lipinski definition) is 6. The Morgan fingerprint density at radius 3 is 2.43 bits per heavy atom. The van der Waals surface area contributed by atoms with E-state index in [2.05, 4.69) is 10.3 Å². The summed E-state index contributed by atoms with van der Waals surface area (Å²) < 4.78 is 119. The highest BCUT2D eigenvalue weighted by Crippen LogP contribution is 2.35. The van der Waals surface area contributed by atoms with Crippen LogP contribution in [0.25, 0.3) is 11.1 Å². The Labute approximate surface area is 237 Å². The van der Waals surface area contributed by atoms with E-state index in [4.69, 9.17) is 9.47 Å². The molecule has 0 radical (unpaired) electrons. The number of halogens is 6. The Morgan fingerprint density at radius 1 is 1.05 bits per heavy atom. The normalized spacial score (nSPS) is 17.8. The molecule has 0 spiro atoms. The summed E-state index contributed by atoms with van der Waals surface area (Å²) in [5.41, 5.74) is -0.911. The van der Waals surface area contributed by atoms with Gasteiger partial charge in [0.05, 0.1) is 11.5 Å². The molecule has 1 saturated heterocycles. The Kier molecular flexibility index (Phi) is 9.43. The van der Waals surface area contributed by atoms with Crippen LogP contribution in [0.1, 0.15) is 17.7 Å². The number of aromatic nitrogens is 1. The van der Waals surface area contributed by atoms with Gasteiger partial charge in [-0.25, -0.2) is 26.6 Å². The van der Waals surface area contributed by atoms with Crippen molar-refractivity contribution in [1.82, 2.24) is 14.6 Å². The number of carbonyl (C=O) groups excluding carboxylic acids is 1. The van der Waals surface area contributed by atoms with Crippen molar-refractivity contribution in [2.24, 2.45) is 0 Å². The molecule has 2 unspecified atom stereocenters. The van der Waals surface area contributed by atoms with Gasteiger partial charge in [-0.05, 0) is 65.7 Å². The number of nitrogens with zero attached hydrogens (tertiary/aromatic N) is 2. The third-order valence-electron chi connectivity index (χ3n) is 6.34. The molecule has 0 aliphatic carbocycles. The van der Waals surface area contributed by atoms with Crippen molar-refractivity contribution in [2.45, 2.75) is 36.3 Å². The van der Waals surface area contributed by atoms with E-state index in [1.165, 1.54) is 13.2 Å². The average Bonchev–Trinajstić information content (AvgIpc) is 3.34. The third-order valence-corrected chi connectivity index (χ3v) is 8.23. The Hall–Kier alpha value is -3.69. The molecule has 4 rings (SSSR count). The summed E-state index contributed by atoms with van der Waals surface area (Å²) in [6.45, 7) is -0.999. The van der Waals surface area contributed by atoms with Crippen LogP contribution in [0.4, 0.5) is 26.3 Å². The van der Waals surface area contributed by atoms with Gasteiger partial charge in [-0.15, -0.1) is 0 Å². The summed E-state index contributed by atoms with van der Waals surface area (Å²) in [5, 5.41) is 2.46. The Bertz CT molecular complexity index is 1540. The van der Waals surface area contributed by atoms with Crippen molar-refractivity contribution >= 4 is 15.9 Å². The second-order valence-corrected chi connectivity index (χ2v) is 11.2. The number of sulfonamides is 1. The van der Waals surface area contributed by atoms with Gasteiger partial charge in [0.2, 0.25) is 21.8 Å². The topological polar surface area (TPSA) is 97.8 Å². The van der Waals surface area contributed by atoms with E-state index in [1.807, 2.05) is 0 Å². The number of pyridine rings is 1. The van der Waals surface area contributed by atoms with Crippen molar-refractivity contribution in [3.63, 3.8) is 0 Å². The lowest BCUT2D eigenvalue weighted by Crippen LogP contribution is -2.45. The largest absolute Gasteiger partial charge is 0.475 e. The molecule has 42 heavy (non-hydrogen) atoms. The molecule has 2 atom stereocenters. The van der Waals surface area contributed by atoms with E-state index >= 15 is 0 Å². The minimum atomic E-state index is -4.76. The number of hydrogen-bond donors (Lipinski definition) is 1. The van der Waals surface area contributed by atoms with Crippen LogP contribution in [0.15, 0.2) is 59.5 Å². The van der Waals surface area contributed by atoms with Crippen LogP contribution in [-0.2, 0) is 32.3 Å². The summed E-state index contributed by atoms with van der Waals surface area (Å²) in [7, 11) is -2.98. The molecule has 1 N–H and O–H groups in total. The lowest BCUT2D eigenvalue weighted by molar-refractivity contribution is -0.141. The molecular formula is C27H25F6N3O5S. The van der Waals surface area contributed by atoms with Crippen molar-refractivity contribution in [2.75, 3.05) is 26.9 Å². The van der Waals surface area contributed by atoms with Gasteiger partial charge in [-0.2, -0.15) is 17.5 Å². The monoisotopic (exact) mass is 617 g/mol. The fourth-order valence-corrected chi connectivity index (χ4v) is 5.99. The molecule has 1 aromatic heterocycles. The first-order valence-corrected chi connectivity index (χ1v) is 13.9. The molecule has 226 valence electrons. The molecular weight excluding hydrogens is 592 g/mol. The van der Waals surface area contributed by atoms with Crippen LogP contribution < -0.4 is 10.1 Å². The number of methoxy groups -OCH3 is 1. The van der Waals surface area contributed by atoms with Gasteiger partial charge >= 0.3 is 6.18 Å². The Morgan fingerprint density at radius 2 is 1.76 bits per heavy atom. The fraction of sp³-hybridized carbons (Fsp3) is 0.333. The highest BCUT2D eigenvalue weighted by Gasteiger charge is 2.44. The second-order valence-electron chi connectivity index (χ2n) is 9.33. The predicted molar refractivity (Wildman–Crippen MR) is 137 cm³/mol. The van der Waals surface area contributed by atoms with Gasteiger partial charge < -0.3 is 14.8 Å². The zero-order chi connectivity index (χ0) is 30.7. The van der Waals surface area contributed by atoms with Gasteiger partial charge in [-0.3, -0.25) is 4.79 Å². The molecule has 1 amide bonds. The van der Waals surface area contributed by atoms with Crippen LogP contribution in [0, 0.1) is 11.6 Å². The maximum atomic E-state index is 14.6. The van der Waals surface area contributed by atoms with Gasteiger partial charge in [0, 0.05) is 32.2 Å². The number of nitrogens with one attached hydrogen (secondary N) is 1. The zero-order valence-corrected chi connectivity index (χ0v) is 22.8. The average molecular weight is 618 g/mol. The predicted octanol–water partition coefficient (Wildman–Crippen LogP) is 4.49. The Balaban J connectivity index is 1.55. The van der Waals surface area contributed by atoms with Crippen LogP contribution >= 0.6 is 0 Å². The minimum Gasteiger partial charge on any atom is -0.475 e. The van der Waals surface area contributed by atoms with Gasteiger partial charge in [0.15, 0.2) is 0 Å². The third kappa shape index (κ3) is 7.20. The summed E-state index contributed by atoms with van der Waals surface area (Å²) in [5.74, 6) is -2.73. The van der Waals surface area contributed by atoms with Gasteiger partial charge in [0.1, 0.15) is 36.1 Å². The van der Waals surface area contributed by atoms with E-state index in [1.54, 1.807) is 0 Å². The van der Waals surface area contributed by atoms with E-state index in [-0.39, 0.29) is 41.3 Å². The van der Waals surface area contributed by atoms with Crippen LogP contribution in [0.5, 0.6) is 5.88 Å². The first kappa shape index (κ1) is 31.3. The van der Waals surface area contributed by atoms with Crippen molar-refractivity contribution in [1.29, 1.82) is 0 Å². The zero-order valence-electron chi connectivity index (χ0n) is 22.0. The fourth-order valence-electron chi connectivity index (χ4n) is 4.37. The molecule has 0 saturated carbocycles. The molecule has 1 fully saturated rings. The highest BCUT2D eigenvalue weighted by atomic mass is 32.2. The van der Waals surface area contributed by atoms with E-state index in [0.717, 1.165) is 42.5 Å². The minimum absolute atomic E-state index is 0.0406. The first-order valence-electron chi connectivity index (χ1n) is 12.5. The maximum Gasteiger partial charge on any atom is 0.433 e. The van der Waals surface area contributed by atoms with Crippen LogP contribution in [0.2, 0.25) is 0 Å². The standard InChI is InChI=1S/C27H25F6N3O5S/c1-40-8-9-41-26-22(6-7-24(35-26)27(31,32)33)17-10-16(11-19(29)12-17)14-34-25(37)23-13-20(30)15-36(23)42(38,39)21-4-2-18(28)3-5-21/h2-7,10-12,20,23H,8-9,13-15H2,1H3,(H,34,37). The van der Waals surface area contributed by atoms with E-state index in [9.17, 15) is 39.6 Å². The number of carbonyl (C=O) groups is 1. The smallest absolute Gasteiger partial charge is 0.433 e. The SMILES string of the molecule is COCCOc1nc(C(F)(F)F)ccc1-c1cc(F)cc(CNC(=O)C2CC(F)CN2S(=O)(=O)c2ccc(F)cc2)c1. The van der Waals surface area contributed by atoms with Crippen molar-refractivity contribution < 1.29 is 49.0 Å². The molecule has 2 heterocycles. The van der Waals surface area contributed by atoms with E-state index in [0.29, 0.717) is 10.4 Å². The summed E-state index contributed by atoms with van der Waals surface area (Å²) in [4.78, 5) is 16.2. The summed E-state index contributed by atoms with van der Waals surface area (Å²) >= 11 is 0. The lowest BCUT2D eigenvalue weighted by atomic mass is 10.0. The second kappa shape index (κ2) is 12.7. The maximum absolute atomic E-state index is 14.6. The lowest BCUT2D eigenvalue weighted by Gasteiger charge is -2.23. The van der Waals surface area contributed by atoms with Crippen molar-refractivity contribution in [3.05, 3.63) is 77.5 Å². The summed E-state index contributed by atoms with van der Waals surface area (Å²) in [6.07, 6.45) is -6.83. The number of alkyl halides is 4. The van der Waals surface area contributed by atoms with Gasteiger partial charge in [0.25, 0.3) is 0 Å². The summed E-state index contributed by atoms with van der Waals surface area (Å²) in [6, 6.07) is 7.71. The van der Waals surface area contributed by atoms with Crippen LogP contribution in [-0.4, -0.2) is 62.7 Å². The molecule has 8 nitrogen and oxygen atoms in total. The first-order chi connectivity index (χ1) is 19.8. The van der Waals surface area contributed by atoms with Crippen molar-refractivity contribution in [3.8, 4) is 17.0 Å². The van der Waals surface area contributed by atoms with Gasteiger partial charge in [-0.1, -0.05) is 0 Å². The van der Waals surface area contributed by atoms with Crippen LogP contribution in [0.3, 0.4) is 0 Å². The molecule has 1 aliphatic heterocycles. The molecule has 2 aromatic carbocycles. The molecule has 3 aromatic rings. The number of rotatable bonds is 10. The number of ether oxygens (including phenoxy) is 2. The molecule has 1 aliphatic rings. The quantitative estimate of drug-likeness (QED) is 0.266. The number of benzene rings is 2. The highest BCUT2D eigenvalue weighted by molar-refractivity contribution is 7.89.